The van der Waals surface area contributed by atoms with E-state index in [9.17, 15) is 5.26 Å². The van der Waals surface area contributed by atoms with Gasteiger partial charge in [0.25, 0.3) is 0 Å². The van der Waals surface area contributed by atoms with Crippen LogP contribution < -0.4 is 4.90 Å². The number of anilines is 2. The first kappa shape index (κ1) is 13.7. The summed E-state index contributed by atoms with van der Waals surface area (Å²) in [6.45, 7) is 0. The Balaban J connectivity index is 2.10. The Kier molecular flexibility index (Phi) is 3.92. The highest BCUT2D eigenvalue weighted by Crippen LogP contribution is 2.41. The standard InChI is InChI=1S/C19H20N2/c20-16-19(14-8-3-9-15-19)21(17-10-4-1-5-11-17)18-12-6-2-7-13-18/h1-2,4-7,10-13H,3,8-9,14-15H2. The molecule has 0 atom stereocenters. The number of nitrogens with zero attached hydrogens (tertiary/aromatic N) is 2. The zero-order chi connectivity index (χ0) is 14.5. The third-order valence-electron chi connectivity index (χ3n) is 4.35. The summed E-state index contributed by atoms with van der Waals surface area (Å²) in [6, 6.07) is 23.2. The van der Waals surface area contributed by atoms with Crippen LogP contribution in [-0.4, -0.2) is 5.54 Å². The lowest BCUT2D eigenvalue weighted by Crippen LogP contribution is -2.46. The predicted molar refractivity (Wildman–Crippen MR) is 86.5 cm³/mol. The average molecular weight is 276 g/mol. The average Bonchev–Trinajstić information content (AvgIpc) is 2.58. The lowest BCUT2D eigenvalue weighted by molar-refractivity contribution is 0.362. The molecule has 0 bridgehead atoms. The molecule has 1 aliphatic rings. The van der Waals surface area contributed by atoms with Crippen molar-refractivity contribution in [1.29, 1.82) is 5.26 Å². The van der Waals surface area contributed by atoms with Gasteiger partial charge in [0.2, 0.25) is 0 Å². The lowest BCUT2D eigenvalue weighted by atomic mass is 9.80. The quantitative estimate of drug-likeness (QED) is 0.784. The number of hydrogen-bond acceptors (Lipinski definition) is 2. The second kappa shape index (κ2) is 6.01. The first-order valence-corrected chi connectivity index (χ1v) is 7.67. The third-order valence-corrected chi connectivity index (χ3v) is 4.35. The molecule has 1 aliphatic carbocycles. The molecule has 21 heavy (non-hydrogen) atoms. The molecule has 0 saturated heterocycles. The first-order chi connectivity index (χ1) is 10.4. The Hall–Kier alpha value is -2.27. The zero-order valence-corrected chi connectivity index (χ0v) is 12.2. The van der Waals surface area contributed by atoms with E-state index in [2.05, 4.69) is 35.2 Å². The maximum atomic E-state index is 9.94. The Bertz CT molecular complexity index is 568. The molecule has 1 saturated carbocycles. The van der Waals surface area contributed by atoms with Crippen LogP contribution in [0.3, 0.4) is 0 Å². The van der Waals surface area contributed by atoms with E-state index in [1.165, 1.54) is 6.42 Å². The van der Waals surface area contributed by atoms with Crippen LogP contribution in [0, 0.1) is 11.3 Å². The van der Waals surface area contributed by atoms with Gasteiger partial charge in [0.15, 0.2) is 0 Å². The van der Waals surface area contributed by atoms with Gasteiger partial charge in [0.05, 0.1) is 6.07 Å². The summed E-state index contributed by atoms with van der Waals surface area (Å²) in [7, 11) is 0. The van der Waals surface area contributed by atoms with Gasteiger partial charge in [-0.2, -0.15) is 5.26 Å². The van der Waals surface area contributed by atoms with Crippen LogP contribution in [-0.2, 0) is 0 Å². The summed E-state index contributed by atoms with van der Waals surface area (Å²) in [5, 5.41) is 9.94. The Labute approximate surface area is 126 Å². The van der Waals surface area contributed by atoms with Crippen LogP contribution in [0.25, 0.3) is 0 Å². The molecule has 0 N–H and O–H groups in total. The molecule has 0 spiro atoms. The monoisotopic (exact) mass is 276 g/mol. The second-order valence-corrected chi connectivity index (χ2v) is 5.71. The molecule has 2 aromatic rings. The fourth-order valence-electron chi connectivity index (χ4n) is 3.32. The number of rotatable bonds is 3. The van der Waals surface area contributed by atoms with Crippen LogP contribution in [0.2, 0.25) is 0 Å². The SMILES string of the molecule is N#CC1(N(c2ccccc2)c2ccccc2)CCCCC1. The van der Waals surface area contributed by atoms with Crippen LogP contribution >= 0.6 is 0 Å². The van der Waals surface area contributed by atoms with Crippen LogP contribution in [0.15, 0.2) is 60.7 Å². The summed E-state index contributed by atoms with van der Waals surface area (Å²) < 4.78 is 0. The van der Waals surface area contributed by atoms with Crippen LogP contribution in [0.4, 0.5) is 11.4 Å². The molecule has 3 rings (SSSR count). The summed E-state index contributed by atoms with van der Waals surface area (Å²) >= 11 is 0. The summed E-state index contributed by atoms with van der Waals surface area (Å²) in [5.74, 6) is 0. The fourth-order valence-corrected chi connectivity index (χ4v) is 3.32. The van der Waals surface area contributed by atoms with Crippen molar-refractivity contribution in [3.05, 3.63) is 60.7 Å². The van der Waals surface area contributed by atoms with E-state index in [1.54, 1.807) is 0 Å². The van der Waals surface area contributed by atoms with E-state index in [0.717, 1.165) is 37.1 Å². The summed E-state index contributed by atoms with van der Waals surface area (Å²) in [5.41, 5.74) is 1.79. The number of para-hydroxylation sites is 2. The molecule has 2 aromatic carbocycles. The Morgan fingerprint density at radius 3 is 1.67 bits per heavy atom. The fraction of sp³-hybridized carbons (Fsp3) is 0.316. The van der Waals surface area contributed by atoms with Gasteiger partial charge in [0.1, 0.15) is 5.54 Å². The number of benzene rings is 2. The van der Waals surface area contributed by atoms with Gasteiger partial charge in [-0.05, 0) is 37.1 Å². The van der Waals surface area contributed by atoms with E-state index in [4.69, 9.17) is 0 Å². The minimum atomic E-state index is -0.416. The molecule has 1 fully saturated rings. The topological polar surface area (TPSA) is 27.0 Å². The second-order valence-electron chi connectivity index (χ2n) is 5.71. The summed E-state index contributed by atoms with van der Waals surface area (Å²) in [6.07, 6.45) is 5.37. The van der Waals surface area contributed by atoms with E-state index in [-0.39, 0.29) is 0 Å². The van der Waals surface area contributed by atoms with Crippen molar-refractivity contribution < 1.29 is 0 Å². The molecular formula is C19H20N2. The molecule has 0 heterocycles. The van der Waals surface area contributed by atoms with Gasteiger partial charge in [-0.15, -0.1) is 0 Å². The number of hydrogen-bond donors (Lipinski definition) is 0. The molecule has 2 heteroatoms. The van der Waals surface area contributed by atoms with E-state index in [0.29, 0.717) is 0 Å². The molecule has 0 aromatic heterocycles. The molecule has 2 nitrogen and oxygen atoms in total. The normalized spacial score (nSPS) is 16.9. The number of nitriles is 1. The highest BCUT2D eigenvalue weighted by molar-refractivity contribution is 5.67. The van der Waals surface area contributed by atoms with Crippen molar-refractivity contribution in [2.75, 3.05) is 4.90 Å². The van der Waals surface area contributed by atoms with Gasteiger partial charge in [-0.3, -0.25) is 0 Å². The van der Waals surface area contributed by atoms with Crippen LogP contribution in [0.5, 0.6) is 0 Å². The van der Waals surface area contributed by atoms with Gasteiger partial charge < -0.3 is 4.90 Å². The zero-order valence-electron chi connectivity index (χ0n) is 12.2. The maximum absolute atomic E-state index is 9.94. The van der Waals surface area contributed by atoms with Crippen molar-refractivity contribution in [2.24, 2.45) is 0 Å². The Morgan fingerprint density at radius 1 is 0.762 bits per heavy atom. The van der Waals surface area contributed by atoms with Crippen LogP contribution in [0.1, 0.15) is 32.1 Å². The maximum Gasteiger partial charge on any atom is 0.132 e. The van der Waals surface area contributed by atoms with Gasteiger partial charge in [-0.1, -0.05) is 55.7 Å². The Morgan fingerprint density at radius 2 is 1.24 bits per heavy atom. The van der Waals surface area contributed by atoms with Gasteiger partial charge in [-0.25, -0.2) is 0 Å². The molecule has 0 amide bonds. The van der Waals surface area contributed by atoms with Gasteiger partial charge >= 0.3 is 0 Å². The van der Waals surface area contributed by atoms with E-state index >= 15 is 0 Å². The highest BCUT2D eigenvalue weighted by Gasteiger charge is 2.39. The minimum Gasteiger partial charge on any atom is -0.322 e. The van der Waals surface area contributed by atoms with Crippen molar-refractivity contribution in [1.82, 2.24) is 0 Å². The van der Waals surface area contributed by atoms with E-state index in [1.807, 2.05) is 36.4 Å². The summed E-state index contributed by atoms with van der Waals surface area (Å²) in [4.78, 5) is 2.24. The van der Waals surface area contributed by atoms with E-state index < -0.39 is 5.54 Å². The van der Waals surface area contributed by atoms with Crippen molar-refractivity contribution in [3.8, 4) is 6.07 Å². The largest absolute Gasteiger partial charge is 0.322 e. The van der Waals surface area contributed by atoms with Crippen molar-refractivity contribution in [3.63, 3.8) is 0 Å². The molecule has 0 radical (unpaired) electrons. The lowest BCUT2D eigenvalue weighted by Gasteiger charge is -2.43. The molecule has 0 aliphatic heterocycles. The first-order valence-electron chi connectivity index (χ1n) is 7.67. The molecule has 0 unspecified atom stereocenters. The van der Waals surface area contributed by atoms with Crippen molar-refractivity contribution in [2.45, 2.75) is 37.6 Å². The van der Waals surface area contributed by atoms with Gasteiger partial charge in [0, 0.05) is 11.4 Å². The predicted octanol–water partition coefficient (Wildman–Crippen LogP) is 5.05. The molecular weight excluding hydrogens is 256 g/mol. The highest BCUT2D eigenvalue weighted by atomic mass is 15.2. The van der Waals surface area contributed by atoms with Crippen molar-refractivity contribution >= 4 is 11.4 Å². The third kappa shape index (κ3) is 2.64. The minimum absolute atomic E-state index is 0.416. The smallest absolute Gasteiger partial charge is 0.132 e. The molecule has 106 valence electrons.